The molecule has 1 fully saturated rings. The lowest BCUT2D eigenvalue weighted by Crippen LogP contribution is -2.44. The van der Waals surface area contributed by atoms with Crippen molar-refractivity contribution in [2.45, 2.75) is 5.25 Å². The van der Waals surface area contributed by atoms with Gasteiger partial charge in [-0.15, -0.1) is 11.8 Å². The lowest BCUT2D eigenvalue weighted by atomic mass is 10.2. The van der Waals surface area contributed by atoms with E-state index in [-0.39, 0.29) is 22.9 Å². The Morgan fingerprint density at radius 1 is 1.43 bits per heavy atom. The van der Waals surface area contributed by atoms with Gasteiger partial charge in [0.2, 0.25) is 5.91 Å². The van der Waals surface area contributed by atoms with E-state index >= 15 is 0 Å². The number of rotatable bonds is 3. The van der Waals surface area contributed by atoms with Crippen LogP contribution in [0.3, 0.4) is 0 Å². The van der Waals surface area contributed by atoms with Crippen molar-refractivity contribution in [3.05, 3.63) is 41.7 Å². The number of halogens is 1. The molecule has 2 rings (SSSR count). The summed E-state index contributed by atoms with van der Waals surface area (Å²) >= 11 is 1.48. The zero-order chi connectivity index (χ0) is 15.2. The number of amides is 1. The summed E-state index contributed by atoms with van der Waals surface area (Å²) in [5.74, 6) is -0.245. The topological polar surface area (TPSA) is 46.6 Å². The Hall–Kier alpha value is -1.82. The molecule has 1 amide bonds. The SMILES string of the molecule is COC(=O)[C@H]1CN(C(=O)/C=C/c2ccccc2F)CCS1. The molecule has 1 aliphatic heterocycles. The van der Waals surface area contributed by atoms with Gasteiger partial charge in [0.25, 0.3) is 0 Å². The van der Waals surface area contributed by atoms with Crippen LogP contribution in [0.1, 0.15) is 5.56 Å². The molecule has 0 unspecified atom stereocenters. The third-order valence-corrected chi connectivity index (χ3v) is 4.32. The quantitative estimate of drug-likeness (QED) is 0.632. The Labute approximate surface area is 127 Å². The van der Waals surface area contributed by atoms with E-state index in [1.54, 1.807) is 23.1 Å². The Balaban J connectivity index is 2.00. The maximum Gasteiger partial charge on any atom is 0.320 e. The number of ether oxygens (including phenoxy) is 1. The zero-order valence-electron chi connectivity index (χ0n) is 11.6. The average Bonchev–Trinajstić information content (AvgIpc) is 2.53. The number of thioether (sulfide) groups is 1. The van der Waals surface area contributed by atoms with Gasteiger partial charge in [0.1, 0.15) is 11.1 Å². The van der Waals surface area contributed by atoms with Crippen LogP contribution in [0, 0.1) is 5.82 Å². The van der Waals surface area contributed by atoms with Crippen molar-refractivity contribution >= 4 is 29.7 Å². The molecule has 1 aromatic carbocycles. The number of carbonyl (C=O) groups excluding carboxylic acids is 2. The molecule has 112 valence electrons. The molecular formula is C15H16FNO3S. The Morgan fingerprint density at radius 3 is 2.90 bits per heavy atom. The van der Waals surface area contributed by atoms with Crippen LogP contribution in [0.25, 0.3) is 6.08 Å². The smallest absolute Gasteiger partial charge is 0.320 e. The molecule has 1 atom stereocenters. The number of benzene rings is 1. The molecule has 0 aromatic heterocycles. The summed E-state index contributed by atoms with van der Waals surface area (Å²) in [6.07, 6.45) is 2.79. The van der Waals surface area contributed by atoms with E-state index in [4.69, 9.17) is 4.74 Å². The van der Waals surface area contributed by atoms with Gasteiger partial charge in [-0.1, -0.05) is 18.2 Å². The molecule has 0 aliphatic carbocycles. The second kappa shape index (κ2) is 7.26. The van der Waals surface area contributed by atoms with Gasteiger partial charge >= 0.3 is 5.97 Å². The first-order valence-corrected chi connectivity index (χ1v) is 7.57. The fourth-order valence-electron chi connectivity index (χ4n) is 2.00. The molecule has 1 saturated heterocycles. The van der Waals surface area contributed by atoms with Crippen molar-refractivity contribution in [3.63, 3.8) is 0 Å². The largest absolute Gasteiger partial charge is 0.468 e. The van der Waals surface area contributed by atoms with Gasteiger partial charge in [0, 0.05) is 30.5 Å². The lowest BCUT2D eigenvalue weighted by molar-refractivity contribution is -0.140. The van der Waals surface area contributed by atoms with Crippen molar-refractivity contribution in [2.75, 3.05) is 26.0 Å². The highest BCUT2D eigenvalue weighted by molar-refractivity contribution is 8.00. The first-order valence-electron chi connectivity index (χ1n) is 6.52. The fourth-order valence-corrected chi connectivity index (χ4v) is 3.13. The molecule has 1 aliphatic rings. The highest BCUT2D eigenvalue weighted by Crippen LogP contribution is 2.20. The summed E-state index contributed by atoms with van der Waals surface area (Å²) in [5.41, 5.74) is 0.363. The van der Waals surface area contributed by atoms with E-state index < -0.39 is 0 Å². The standard InChI is InChI=1S/C15H16FNO3S/c1-20-15(19)13-10-17(8-9-21-13)14(18)7-6-11-4-2-3-5-12(11)16/h2-7,13H,8-10H2,1H3/b7-6+/t13-/m1/s1. The first-order chi connectivity index (χ1) is 10.1. The van der Waals surface area contributed by atoms with Gasteiger partial charge in [-0.2, -0.15) is 0 Å². The van der Waals surface area contributed by atoms with Crippen LogP contribution in [0.4, 0.5) is 4.39 Å². The van der Waals surface area contributed by atoms with Gasteiger partial charge in [-0.3, -0.25) is 9.59 Å². The van der Waals surface area contributed by atoms with Crippen molar-refractivity contribution < 1.29 is 18.7 Å². The van der Waals surface area contributed by atoms with E-state index in [0.29, 0.717) is 24.4 Å². The minimum absolute atomic E-state index is 0.229. The van der Waals surface area contributed by atoms with Gasteiger partial charge < -0.3 is 9.64 Å². The Morgan fingerprint density at radius 2 is 2.19 bits per heavy atom. The van der Waals surface area contributed by atoms with Crippen molar-refractivity contribution in [1.82, 2.24) is 4.90 Å². The van der Waals surface area contributed by atoms with Crippen molar-refractivity contribution in [3.8, 4) is 0 Å². The maximum atomic E-state index is 13.5. The molecule has 6 heteroatoms. The second-order valence-electron chi connectivity index (χ2n) is 4.52. The monoisotopic (exact) mass is 309 g/mol. The normalized spacial score (nSPS) is 18.8. The molecule has 0 N–H and O–H groups in total. The number of nitrogens with zero attached hydrogens (tertiary/aromatic N) is 1. The van der Waals surface area contributed by atoms with Gasteiger partial charge in [0.05, 0.1) is 7.11 Å². The highest BCUT2D eigenvalue weighted by Gasteiger charge is 2.28. The number of hydrogen-bond donors (Lipinski definition) is 0. The summed E-state index contributed by atoms with van der Waals surface area (Å²) in [6.45, 7) is 0.885. The maximum absolute atomic E-state index is 13.5. The lowest BCUT2D eigenvalue weighted by Gasteiger charge is -2.30. The summed E-state index contributed by atoms with van der Waals surface area (Å²) in [6, 6.07) is 6.24. The second-order valence-corrected chi connectivity index (χ2v) is 5.83. The Bertz CT molecular complexity index is 562. The molecule has 0 radical (unpaired) electrons. The minimum Gasteiger partial charge on any atom is -0.468 e. The summed E-state index contributed by atoms with van der Waals surface area (Å²) in [4.78, 5) is 25.2. The van der Waals surface area contributed by atoms with Gasteiger partial charge in [-0.05, 0) is 12.1 Å². The molecular weight excluding hydrogens is 293 g/mol. The highest BCUT2D eigenvalue weighted by atomic mass is 32.2. The van der Waals surface area contributed by atoms with Crippen LogP contribution in [0.5, 0.6) is 0 Å². The van der Waals surface area contributed by atoms with Crippen LogP contribution >= 0.6 is 11.8 Å². The van der Waals surface area contributed by atoms with E-state index in [1.165, 1.54) is 37.1 Å². The van der Waals surface area contributed by atoms with Crippen LogP contribution in [-0.2, 0) is 14.3 Å². The van der Waals surface area contributed by atoms with Crippen LogP contribution in [-0.4, -0.2) is 48.0 Å². The molecule has 21 heavy (non-hydrogen) atoms. The summed E-state index contributed by atoms with van der Waals surface area (Å²) in [7, 11) is 1.34. The van der Waals surface area contributed by atoms with Crippen molar-refractivity contribution in [1.29, 1.82) is 0 Å². The Kier molecular flexibility index (Phi) is 5.38. The number of hydrogen-bond acceptors (Lipinski definition) is 4. The molecule has 1 aromatic rings. The number of esters is 1. The van der Waals surface area contributed by atoms with Gasteiger partial charge in [-0.25, -0.2) is 4.39 Å². The molecule has 4 nitrogen and oxygen atoms in total. The van der Waals surface area contributed by atoms with E-state index in [2.05, 4.69) is 0 Å². The third-order valence-electron chi connectivity index (χ3n) is 3.15. The van der Waals surface area contributed by atoms with Crippen LogP contribution < -0.4 is 0 Å². The molecule has 0 bridgehead atoms. The third kappa shape index (κ3) is 4.07. The minimum atomic E-state index is -0.372. The summed E-state index contributed by atoms with van der Waals surface area (Å²) < 4.78 is 18.2. The predicted molar refractivity (Wildman–Crippen MR) is 80.3 cm³/mol. The number of methoxy groups -OCH3 is 1. The van der Waals surface area contributed by atoms with E-state index in [9.17, 15) is 14.0 Å². The fraction of sp³-hybridized carbons (Fsp3) is 0.333. The van der Waals surface area contributed by atoms with Crippen LogP contribution in [0.15, 0.2) is 30.3 Å². The molecule has 0 spiro atoms. The average molecular weight is 309 g/mol. The molecule has 1 heterocycles. The van der Waals surface area contributed by atoms with E-state index in [0.717, 1.165) is 0 Å². The van der Waals surface area contributed by atoms with Gasteiger partial charge in [0.15, 0.2) is 0 Å². The van der Waals surface area contributed by atoms with Crippen LogP contribution in [0.2, 0.25) is 0 Å². The summed E-state index contributed by atoms with van der Waals surface area (Å²) in [5, 5.41) is -0.352. The zero-order valence-corrected chi connectivity index (χ0v) is 12.4. The number of carbonyl (C=O) groups is 2. The first kappa shape index (κ1) is 15.6. The molecule has 0 saturated carbocycles. The predicted octanol–water partition coefficient (Wildman–Crippen LogP) is 1.96. The van der Waals surface area contributed by atoms with E-state index in [1.807, 2.05) is 0 Å². The van der Waals surface area contributed by atoms with Crippen molar-refractivity contribution in [2.24, 2.45) is 0 Å².